The van der Waals surface area contributed by atoms with Crippen LogP contribution in [0.1, 0.15) is 48.0 Å². The Bertz CT molecular complexity index is 467. The highest BCUT2D eigenvalue weighted by Gasteiger charge is 2.24. The highest BCUT2D eigenvalue weighted by molar-refractivity contribution is 5.94. The molecule has 4 heteroatoms. The predicted molar refractivity (Wildman–Crippen MR) is 79.4 cm³/mol. The molecule has 2 N–H and O–H groups in total. The number of hydrogen-bond donors (Lipinski definition) is 2. The van der Waals surface area contributed by atoms with Gasteiger partial charge in [-0.3, -0.25) is 0 Å². The first kappa shape index (κ1) is 14.9. The minimum atomic E-state index is -0.904. The van der Waals surface area contributed by atoms with Gasteiger partial charge < -0.3 is 15.1 Å². The maximum absolute atomic E-state index is 11.4. The summed E-state index contributed by atoms with van der Waals surface area (Å²) in [5.74, 6) is -0.904. The molecule has 0 saturated heterocycles. The zero-order valence-corrected chi connectivity index (χ0v) is 12.0. The van der Waals surface area contributed by atoms with E-state index < -0.39 is 5.97 Å². The maximum Gasteiger partial charge on any atom is 0.337 e. The van der Waals surface area contributed by atoms with E-state index in [0.29, 0.717) is 18.2 Å². The largest absolute Gasteiger partial charge is 0.478 e. The average Bonchev–Trinajstić information content (AvgIpc) is 2.45. The van der Waals surface area contributed by atoms with E-state index in [1.165, 1.54) is 19.3 Å². The molecule has 20 heavy (non-hydrogen) atoms. The lowest BCUT2D eigenvalue weighted by Crippen LogP contribution is -2.39. The van der Waals surface area contributed by atoms with Crippen molar-refractivity contribution in [2.24, 2.45) is 0 Å². The molecule has 0 atom stereocenters. The summed E-state index contributed by atoms with van der Waals surface area (Å²) in [6.45, 7) is 2.50. The Balaban J connectivity index is 2.36. The Kier molecular flexibility index (Phi) is 5.01. The molecule has 2 rings (SSSR count). The second kappa shape index (κ2) is 6.75. The molecule has 4 nitrogen and oxygen atoms in total. The summed E-state index contributed by atoms with van der Waals surface area (Å²) in [6, 6.07) is 5.76. The third-order valence-corrected chi connectivity index (χ3v) is 4.05. The molecule has 1 saturated carbocycles. The van der Waals surface area contributed by atoms with Gasteiger partial charge in [0.25, 0.3) is 0 Å². The number of carboxylic acids is 1. The molecule has 0 aliphatic heterocycles. The van der Waals surface area contributed by atoms with Crippen molar-refractivity contribution in [3.8, 4) is 0 Å². The first-order chi connectivity index (χ1) is 9.63. The highest BCUT2D eigenvalue weighted by atomic mass is 16.4. The van der Waals surface area contributed by atoms with Gasteiger partial charge in [-0.05, 0) is 37.5 Å². The number of aliphatic hydroxyl groups is 1. The summed E-state index contributed by atoms with van der Waals surface area (Å²) in [5.41, 5.74) is 2.12. The maximum atomic E-state index is 11.4. The molecule has 1 aromatic rings. The number of hydrogen-bond acceptors (Lipinski definition) is 3. The Morgan fingerprint density at radius 2 is 2.00 bits per heavy atom. The second-order valence-corrected chi connectivity index (χ2v) is 5.53. The number of carbonyl (C=O) groups is 1. The Labute approximate surface area is 120 Å². The lowest BCUT2D eigenvalue weighted by atomic mass is 9.93. The van der Waals surface area contributed by atoms with Crippen LogP contribution in [-0.4, -0.2) is 35.4 Å². The van der Waals surface area contributed by atoms with Gasteiger partial charge in [0, 0.05) is 12.6 Å². The van der Waals surface area contributed by atoms with Crippen LogP contribution in [0.2, 0.25) is 0 Å². The van der Waals surface area contributed by atoms with Crippen molar-refractivity contribution in [2.45, 2.75) is 45.1 Å². The molecule has 1 fully saturated rings. The highest BCUT2D eigenvalue weighted by Crippen LogP contribution is 2.30. The van der Waals surface area contributed by atoms with Crippen molar-refractivity contribution >= 4 is 11.7 Å². The van der Waals surface area contributed by atoms with E-state index in [0.717, 1.165) is 24.1 Å². The quantitative estimate of drug-likeness (QED) is 0.869. The molecule has 0 radical (unpaired) electrons. The van der Waals surface area contributed by atoms with Crippen LogP contribution < -0.4 is 4.90 Å². The normalized spacial score (nSPS) is 16.1. The molecule has 0 aromatic heterocycles. The number of aryl methyl sites for hydroxylation is 1. The third kappa shape index (κ3) is 3.31. The van der Waals surface area contributed by atoms with Crippen LogP contribution >= 0.6 is 0 Å². The third-order valence-electron chi connectivity index (χ3n) is 4.05. The predicted octanol–water partition coefficient (Wildman–Crippen LogP) is 2.82. The number of anilines is 1. The van der Waals surface area contributed by atoms with E-state index >= 15 is 0 Å². The number of aliphatic hydroxyl groups excluding tert-OH is 1. The van der Waals surface area contributed by atoms with E-state index in [2.05, 4.69) is 4.90 Å². The topological polar surface area (TPSA) is 60.8 Å². The van der Waals surface area contributed by atoms with Gasteiger partial charge in [0.1, 0.15) is 0 Å². The molecule has 1 aromatic carbocycles. The van der Waals surface area contributed by atoms with Crippen LogP contribution in [0, 0.1) is 6.92 Å². The van der Waals surface area contributed by atoms with Gasteiger partial charge >= 0.3 is 5.97 Å². The zero-order chi connectivity index (χ0) is 14.5. The van der Waals surface area contributed by atoms with Crippen molar-refractivity contribution < 1.29 is 15.0 Å². The second-order valence-electron chi connectivity index (χ2n) is 5.53. The number of rotatable bonds is 5. The van der Waals surface area contributed by atoms with Gasteiger partial charge in [0.05, 0.1) is 17.9 Å². The van der Waals surface area contributed by atoms with E-state index in [9.17, 15) is 15.0 Å². The summed E-state index contributed by atoms with van der Waals surface area (Å²) in [7, 11) is 0. The van der Waals surface area contributed by atoms with Gasteiger partial charge in [-0.25, -0.2) is 4.79 Å². The molecular weight excluding hydrogens is 254 g/mol. The van der Waals surface area contributed by atoms with Crippen LogP contribution in [0.5, 0.6) is 0 Å². The van der Waals surface area contributed by atoms with E-state index in [1.807, 2.05) is 19.1 Å². The monoisotopic (exact) mass is 277 g/mol. The van der Waals surface area contributed by atoms with Crippen LogP contribution in [0.4, 0.5) is 5.69 Å². The van der Waals surface area contributed by atoms with Crippen molar-refractivity contribution in [1.29, 1.82) is 0 Å². The summed E-state index contributed by atoms with van der Waals surface area (Å²) >= 11 is 0. The number of carboxylic acid groups (broad SMARTS) is 1. The van der Waals surface area contributed by atoms with Crippen LogP contribution in [-0.2, 0) is 0 Å². The van der Waals surface area contributed by atoms with Crippen LogP contribution in [0.3, 0.4) is 0 Å². The van der Waals surface area contributed by atoms with E-state index in [4.69, 9.17) is 0 Å². The van der Waals surface area contributed by atoms with Gasteiger partial charge in [-0.2, -0.15) is 0 Å². The smallest absolute Gasteiger partial charge is 0.337 e. The standard InChI is InChI=1S/C16H23NO3/c1-12-7-8-14(16(19)20)15(11-12)17(9-10-18)13-5-3-2-4-6-13/h7-8,11,13,18H,2-6,9-10H2,1H3,(H,19,20). The SMILES string of the molecule is Cc1ccc(C(=O)O)c(N(CCO)C2CCCCC2)c1. The van der Waals surface area contributed by atoms with Crippen molar-refractivity contribution in [3.05, 3.63) is 29.3 Å². The fraction of sp³-hybridized carbons (Fsp3) is 0.562. The minimum Gasteiger partial charge on any atom is -0.478 e. The van der Waals surface area contributed by atoms with Crippen LogP contribution in [0.15, 0.2) is 18.2 Å². The first-order valence-electron chi connectivity index (χ1n) is 7.35. The van der Waals surface area contributed by atoms with Crippen molar-refractivity contribution in [1.82, 2.24) is 0 Å². The minimum absolute atomic E-state index is 0.0451. The molecule has 0 spiro atoms. The summed E-state index contributed by atoms with van der Waals surface area (Å²) in [5, 5.41) is 18.7. The lowest BCUT2D eigenvalue weighted by molar-refractivity contribution is 0.0697. The number of benzene rings is 1. The number of nitrogens with zero attached hydrogens (tertiary/aromatic N) is 1. The molecule has 0 unspecified atom stereocenters. The lowest BCUT2D eigenvalue weighted by Gasteiger charge is -2.36. The van der Waals surface area contributed by atoms with Gasteiger partial charge in [-0.1, -0.05) is 25.3 Å². The van der Waals surface area contributed by atoms with E-state index in [-0.39, 0.29) is 6.61 Å². The molecule has 0 bridgehead atoms. The van der Waals surface area contributed by atoms with Gasteiger partial charge in [0.2, 0.25) is 0 Å². The Morgan fingerprint density at radius 3 is 2.60 bits per heavy atom. The Morgan fingerprint density at radius 1 is 1.30 bits per heavy atom. The van der Waals surface area contributed by atoms with Crippen molar-refractivity contribution in [2.75, 3.05) is 18.1 Å². The van der Waals surface area contributed by atoms with Gasteiger partial charge in [-0.15, -0.1) is 0 Å². The van der Waals surface area contributed by atoms with Crippen LogP contribution in [0.25, 0.3) is 0 Å². The van der Waals surface area contributed by atoms with Gasteiger partial charge in [0.15, 0.2) is 0 Å². The molecular formula is C16H23NO3. The summed E-state index contributed by atoms with van der Waals surface area (Å²) < 4.78 is 0. The fourth-order valence-electron chi connectivity index (χ4n) is 3.06. The molecule has 1 aliphatic rings. The molecule has 1 aliphatic carbocycles. The molecule has 110 valence electrons. The molecule has 0 amide bonds. The summed E-state index contributed by atoms with van der Waals surface area (Å²) in [6.07, 6.45) is 5.77. The van der Waals surface area contributed by atoms with E-state index in [1.54, 1.807) is 6.07 Å². The fourth-order valence-corrected chi connectivity index (χ4v) is 3.06. The average molecular weight is 277 g/mol. The zero-order valence-electron chi connectivity index (χ0n) is 12.0. The summed E-state index contributed by atoms with van der Waals surface area (Å²) in [4.78, 5) is 13.5. The molecule has 0 heterocycles. The first-order valence-corrected chi connectivity index (χ1v) is 7.35. The van der Waals surface area contributed by atoms with Crippen molar-refractivity contribution in [3.63, 3.8) is 0 Å². The number of aromatic carboxylic acids is 1. The Hall–Kier alpha value is -1.55.